The zero-order valence-electron chi connectivity index (χ0n) is 10.8. The van der Waals surface area contributed by atoms with Gasteiger partial charge < -0.3 is 10.4 Å². The predicted octanol–water partition coefficient (Wildman–Crippen LogP) is 5.20. The summed E-state index contributed by atoms with van der Waals surface area (Å²) in [6, 6.07) is 10.7. The van der Waals surface area contributed by atoms with Gasteiger partial charge in [0.1, 0.15) is 5.75 Å². The molecule has 2 rings (SSSR count). The van der Waals surface area contributed by atoms with Crippen molar-refractivity contribution in [3.8, 4) is 5.75 Å². The summed E-state index contributed by atoms with van der Waals surface area (Å²) in [5.74, 6) is 0.0872. The maximum Gasteiger partial charge on any atom is 0.134 e. The molecule has 0 aliphatic heterocycles. The van der Waals surface area contributed by atoms with Gasteiger partial charge in [-0.25, -0.2) is 0 Å². The third-order valence-electron chi connectivity index (χ3n) is 3.05. The molecule has 0 radical (unpaired) electrons. The highest BCUT2D eigenvalue weighted by atomic mass is 35.5. The first-order chi connectivity index (χ1) is 9.47. The van der Waals surface area contributed by atoms with Gasteiger partial charge in [0.2, 0.25) is 0 Å². The number of aromatic hydroxyl groups is 1. The second kappa shape index (κ2) is 6.68. The van der Waals surface area contributed by atoms with Crippen LogP contribution in [0.25, 0.3) is 0 Å². The molecule has 106 valence electrons. The molecule has 0 aliphatic carbocycles. The Balaban J connectivity index is 2.04. The number of hydrogen-bond donors (Lipinski definition) is 2. The van der Waals surface area contributed by atoms with E-state index in [1.807, 2.05) is 25.1 Å². The van der Waals surface area contributed by atoms with E-state index in [1.54, 1.807) is 18.2 Å². The number of phenolic OH excluding ortho intramolecular Hbond substituents is 1. The van der Waals surface area contributed by atoms with Crippen LogP contribution in [0.2, 0.25) is 15.1 Å². The largest absolute Gasteiger partial charge is 0.506 e. The molecular weight excluding hydrogens is 317 g/mol. The van der Waals surface area contributed by atoms with Gasteiger partial charge in [0, 0.05) is 22.6 Å². The fourth-order valence-electron chi connectivity index (χ4n) is 1.89. The summed E-state index contributed by atoms with van der Waals surface area (Å²) >= 11 is 17.9. The van der Waals surface area contributed by atoms with E-state index in [4.69, 9.17) is 34.8 Å². The van der Waals surface area contributed by atoms with Crippen molar-refractivity contribution in [3.05, 3.63) is 62.6 Å². The van der Waals surface area contributed by atoms with Crippen LogP contribution in [0.15, 0.2) is 36.4 Å². The van der Waals surface area contributed by atoms with Gasteiger partial charge in [-0.3, -0.25) is 0 Å². The van der Waals surface area contributed by atoms with Gasteiger partial charge in [-0.05, 0) is 42.3 Å². The summed E-state index contributed by atoms with van der Waals surface area (Å²) in [7, 11) is 0. The normalized spacial score (nSPS) is 12.4. The van der Waals surface area contributed by atoms with Crippen LogP contribution >= 0.6 is 34.8 Å². The van der Waals surface area contributed by atoms with E-state index in [9.17, 15) is 5.11 Å². The molecule has 0 spiro atoms. The van der Waals surface area contributed by atoms with Crippen LogP contribution in [0.3, 0.4) is 0 Å². The lowest BCUT2D eigenvalue weighted by Gasteiger charge is -2.16. The zero-order valence-corrected chi connectivity index (χ0v) is 13.1. The van der Waals surface area contributed by atoms with Crippen molar-refractivity contribution in [2.45, 2.75) is 19.5 Å². The van der Waals surface area contributed by atoms with Gasteiger partial charge in [-0.1, -0.05) is 46.9 Å². The van der Waals surface area contributed by atoms with Crippen LogP contribution < -0.4 is 5.32 Å². The minimum absolute atomic E-state index is 0.0762. The number of rotatable bonds is 4. The maximum absolute atomic E-state index is 9.38. The Morgan fingerprint density at radius 1 is 1.05 bits per heavy atom. The van der Waals surface area contributed by atoms with Crippen LogP contribution in [0, 0.1) is 0 Å². The standard InChI is InChI=1S/C15H14Cl3NO/c1-9(12-4-3-11(16)7-13(12)17)19-8-10-2-5-15(20)14(18)6-10/h2-7,9,19-20H,8H2,1H3. The molecule has 2 N–H and O–H groups in total. The molecule has 0 bridgehead atoms. The topological polar surface area (TPSA) is 32.3 Å². The van der Waals surface area contributed by atoms with Crippen molar-refractivity contribution in [2.24, 2.45) is 0 Å². The van der Waals surface area contributed by atoms with Crippen molar-refractivity contribution in [3.63, 3.8) is 0 Å². The van der Waals surface area contributed by atoms with E-state index in [1.165, 1.54) is 0 Å². The monoisotopic (exact) mass is 329 g/mol. The Kier molecular flexibility index (Phi) is 5.17. The molecule has 0 saturated heterocycles. The first-order valence-electron chi connectivity index (χ1n) is 6.13. The van der Waals surface area contributed by atoms with Crippen molar-refractivity contribution >= 4 is 34.8 Å². The summed E-state index contributed by atoms with van der Waals surface area (Å²) < 4.78 is 0. The minimum Gasteiger partial charge on any atom is -0.506 e. The third-order valence-corrected chi connectivity index (χ3v) is 3.92. The smallest absolute Gasteiger partial charge is 0.134 e. The number of benzene rings is 2. The lowest BCUT2D eigenvalue weighted by Crippen LogP contribution is -2.18. The lowest BCUT2D eigenvalue weighted by atomic mass is 10.1. The van der Waals surface area contributed by atoms with E-state index in [0.717, 1.165) is 11.1 Å². The second-order valence-electron chi connectivity index (χ2n) is 4.55. The molecule has 0 amide bonds. The molecule has 20 heavy (non-hydrogen) atoms. The molecule has 2 aromatic carbocycles. The van der Waals surface area contributed by atoms with Gasteiger partial charge in [0.25, 0.3) is 0 Å². The maximum atomic E-state index is 9.38. The van der Waals surface area contributed by atoms with Crippen molar-refractivity contribution in [2.75, 3.05) is 0 Å². The van der Waals surface area contributed by atoms with E-state index < -0.39 is 0 Å². The zero-order chi connectivity index (χ0) is 14.7. The molecule has 1 unspecified atom stereocenters. The summed E-state index contributed by atoms with van der Waals surface area (Å²) in [6.45, 7) is 2.65. The lowest BCUT2D eigenvalue weighted by molar-refractivity contribution is 0.475. The Morgan fingerprint density at radius 2 is 1.80 bits per heavy atom. The molecule has 5 heteroatoms. The summed E-state index contributed by atoms with van der Waals surface area (Å²) in [5.41, 5.74) is 1.98. The summed E-state index contributed by atoms with van der Waals surface area (Å²) in [6.07, 6.45) is 0. The van der Waals surface area contributed by atoms with E-state index in [0.29, 0.717) is 21.6 Å². The molecular formula is C15H14Cl3NO. The summed E-state index contributed by atoms with van der Waals surface area (Å²) in [4.78, 5) is 0. The van der Waals surface area contributed by atoms with Crippen molar-refractivity contribution in [1.29, 1.82) is 0 Å². The average molecular weight is 331 g/mol. The molecule has 0 aliphatic rings. The Labute approximate surface area is 133 Å². The van der Waals surface area contributed by atoms with Crippen LogP contribution in [-0.2, 0) is 6.54 Å². The van der Waals surface area contributed by atoms with Crippen LogP contribution in [0.4, 0.5) is 0 Å². The van der Waals surface area contributed by atoms with E-state index in [2.05, 4.69) is 5.32 Å². The van der Waals surface area contributed by atoms with Crippen LogP contribution in [0.1, 0.15) is 24.1 Å². The van der Waals surface area contributed by atoms with Gasteiger partial charge in [-0.15, -0.1) is 0 Å². The first kappa shape index (κ1) is 15.5. The molecule has 2 nitrogen and oxygen atoms in total. The first-order valence-corrected chi connectivity index (χ1v) is 7.26. The fourth-order valence-corrected chi connectivity index (χ4v) is 2.67. The highest BCUT2D eigenvalue weighted by Gasteiger charge is 2.10. The van der Waals surface area contributed by atoms with Crippen molar-refractivity contribution in [1.82, 2.24) is 5.32 Å². The van der Waals surface area contributed by atoms with E-state index in [-0.39, 0.29) is 11.8 Å². The highest BCUT2D eigenvalue weighted by molar-refractivity contribution is 6.35. The molecule has 1 atom stereocenters. The number of hydrogen-bond acceptors (Lipinski definition) is 2. The van der Waals surface area contributed by atoms with Crippen molar-refractivity contribution < 1.29 is 5.11 Å². The summed E-state index contributed by atoms with van der Waals surface area (Å²) in [5, 5.41) is 14.3. The average Bonchev–Trinajstić information content (AvgIpc) is 2.40. The molecule has 0 heterocycles. The van der Waals surface area contributed by atoms with Gasteiger partial charge >= 0.3 is 0 Å². The Bertz CT molecular complexity index is 616. The predicted molar refractivity (Wildman–Crippen MR) is 84.8 cm³/mol. The SMILES string of the molecule is CC(NCc1ccc(O)c(Cl)c1)c1ccc(Cl)cc1Cl. The van der Waals surface area contributed by atoms with Crippen LogP contribution in [0.5, 0.6) is 5.75 Å². The number of halogens is 3. The Hall–Kier alpha value is -0.930. The second-order valence-corrected chi connectivity index (χ2v) is 5.81. The number of phenols is 1. The number of nitrogens with one attached hydrogen (secondary N) is 1. The highest BCUT2D eigenvalue weighted by Crippen LogP contribution is 2.27. The molecule has 0 aromatic heterocycles. The van der Waals surface area contributed by atoms with Gasteiger partial charge in [0.15, 0.2) is 0 Å². The van der Waals surface area contributed by atoms with Gasteiger partial charge in [0.05, 0.1) is 5.02 Å². The fraction of sp³-hybridized carbons (Fsp3) is 0.200. The van der Waals surface area contributed by atoms with Crippen LogP contribution in [-0.4, -0.2) is 5.11 Å². The van der Waals surface area contributed by atoms with Gasteiger partial charge in [-0.2, -0.15) is 0 Å². The molecule has 2 aromatic rings. The van der Waals surface area contributed by atoms with E-state index >= 15 is 0 Å². The minimum atomic E-state index is 0.0762. The molecule has 0 fully saturated rings. The Morgan fingerprint density at radius 3 is 2.45 bits per heavy atom. The quantitative estimate of drug-likeness (QED) is 0.807. The third kappa shape index (κ3) is 3.80. The molecule has 0 saturated carbocycles.